The summed E-state index contributed by atoms with van der Waals surface area (Å²) in [6.45, 7) is 0. The van der Waals surface area contributed by atoms with Crippen LogP contribution in [0.2, 0.25) is 0 Å². The largest absolute Gasteiger partial charge is 0.507 e. The van der Waals surface area contributed by atoms with E-state index >= 15 is 0 Å². The van der Waals surface area contributed by atoms with Gasteiger partial charge in [0.1, 0.15) is 23.4 Å². The van der Waals surface area contributed by atoms with Gasteiger partial charge in [-0.1, -0.05) is 12.1 Å². The van der Waals surface area contributed by atoms with Crippen LogP contribution in [-0.4, -0.2) is 63.3 Å². The van der Waals surface area contributed by atoms with Crippen molar-refractivity contribution >= 4 is 0 Å². The van der Waals surface area contributed by atoms with E-state index in [0.717, 1.165) is 12.1 Å². The Hall–Kier alpha value is -5.20. The Morgan fingerprint density at radius 3 is 1.57 bits per heavy atom. The van der Waals surface area contributed by atoms with Crippen LogP contribution in [-0.2, 0) is 12.8 Å². The topological polar surface area (TPSA) is 221 Å². The minimum Gasteiger partial charge on any atom is -0.507 e. The summed E-state index contributed by atoms with van der Waals surface area (Å²) in [5.41, 5.74) is 0.912. The van der Waals surface area contributed by atoms with Crippen LogP contribution in [0.3, 0.4) is 0 Å². The van der Waals surface area contributed by atoms with Gasteiger partial charge >= 0.3 is 0 Å². The number of aromatic hydroxyl groups is 8. The highest BCUT2D eigenvalue weighted by Gasteiger charge is 2.39. The zero-order valence-corrected chi connectivity index (χ0v) is 21.6. The van der Waals surface area contributed by atoms with Gasteiger partial charge in [-0.05, 0) is 41.5 Å². The summed E-state index contributed by atoms with van der Waals surface area (Å²) in [6, 6.07) is 9.84. The number of aliphatic hydroxyl groups is 2. The Bertz CT molecular complexity index is 1730. The number of fused-ring (bicyclic) bond motifs is 2. The predicted octanol–water partition coefficient (Wildman–Crippen LogP) is 3.07. The van der Waals surface area contributed by atoms with Crippen molar-refractivity contribution in [3.05, 3.63) is 70.8 Å². The average molecular weight is 579 g/mol. The molecule has 0 radical (unpaired) electrons. The van der Waals surface area contributed by atoms with Crippen LogP contribution in [0.4, 0.5) is 0 Å². The molecular formula is C30H26O12. The molecule has 0 fully saturated rings. The molecule has 218 valence electrons. The second-order valence-electron chi connectivity index (χ2n) is 10.3. The standard InChI is InChI=1S/C30H26O12/c31-16-3-1-11(5-19(16)34)27-24(39)9-15-18(33)10-21(36)25(29(15)41-27)13-7-22(37)26(40)30-14(13)8-23(38)28(42-30)12-2-4-17(32)20(35)6-12/h1-7,10,23-24,27-28,31-40H,8-9H2. The van der Waals surface area contributed by atoms with Gasteiger partial charge in [-0.15, -0.1) is 0 Å². The van der Waals surface area contributed by atoms with Crippen molar-refractivity contribution in [2.45, 2.75) is 37.3 Å². The molecule has 4 aromatic rings. The first-order valence-electron chi connectivity index (χ1n) is 12.8. The molecule has 4 unspecified atom stereocenters. The Morgan fingerprint density at radius 1 is 0.500 bits per heavy atom. The molecule has 0 aromatic heterocycles. The number of rotatable bonds is 3. The molecule has 0 amide bonds. The SMILES string of the molecule is Oc1ccc(C2Oc3c(O)c(O)cc(-c4c(O)cc(O)c5c4OC(c4ccc(O)c(O)c4)C(O)C5)c3CC2O)cc1O. The lowest BCUT2D eigenvalue weighted by molar-refractivity contribution is 0.0183. The van der Waals surface area contributed by atoms with Gasteiger partial charge in [0.15, 0.2) is 40.6 Å². The highest BCUT2D eigenvalue weighted by molar-refractivity contribution is 5.86. The van der Waals surface area contributed by atoms with E-state index in [1.165, 1.54) is 36.4 Å². The third kappa shape index (κ3) is 4.24. The van der Waals surface area contributed by atoms with Crippen molar-refractivity contribution in [2.75, 3.05) is 0 Å². The zero-order chi connectivity index (χ0) is 30.0. The van der Waals surface area contributed by atoms with Crippen molar-refractivity contribution in [1.29, 1.82) is 0 Å². The molecule has 4 atom stereocenters. The fourth-order valence-corrected chi connectivity index (χ4v) is 5.54. The Kier molecular flexibility index (Phi) is 6.24. The summed E-state index contributed by atoms with van der Waals surface area (Å²) in [5.74, 6) is -4.09. The molecule has 0 bridgehead atoms. The van der Waals surface area contributed by atoms with Gasteiger partial charge in [0.2, 0.25) is 5.75 Å². The molecular weight excluding hydrogens is 552 g/mol. The summed E-state index contributed by atoms with van der Waals surface area (Å²) in [6.07, 6.45) is -5.01. The molecule has 2 aliphatic rings. The van der Waals surface area contributed by atoms with Crippen LogP contribution in [0.1, 0.15) is 34.5 Å². The highest BCUT2D eigenvalue weighted by atomic mass is 16.5. The van der Waals surface area contributed by atoms with Crippen molar-refractivity contribution in [3.8, 4) is 68.6 Å². The highest BCUT2D eigenvalue weighted by Crippen LogP contribution is 2.56. The van der Waals surface area contributed by atoms with Crippen LogP contribution in [0, 0.1) is 0 Å². The summed E-state index contributed by atoms with van der Waals surface area (Å²) in [4.78, 5) is 0. The maximum absolute atomic E-state index is 11.1. The van der Waals surface area contributed by atoms with Gasteiger partial charge in [0, 0.05) is 35.6 Å². The number of hydrogen-bond donors (Lipinski definition) is 10. The van der Waals surface area contributed by atoms with Crippen molar-refractivity contribution in [2.24, 2.45) is 0 Å². The molecule has 4 aromatic carbocycles. The van der Waals surface area contributed by atoms with E-state index < -0.39 is 53.2 Å². The smallest absolute Gasteiger partial charge is 0.200 e. The summed E-state index contributed by atoms with van der Waals surface area (Å²) in [7, 11) is 0. The van der Waals surface area contributed by atoms with E-state index in [9.17, 15) is 51.1 Å². The average Bonchev–Trinajstić information content (AvgIpc) is 2.94. The van der Waals surface area contributed by atoms with Gasteiger partial charge in [0.05, 0.1) is 17.8 Å². The fraction of sp³-hybridized carbons (Fsp3) is 0.200. The van der Waals surface area contributed by atoms with Crippen LogP contribution < -0.4 is 9.47 Å². The lowest BCUT2D eigenvalue weighted by Crippen LogP contribution is -2.31. The first-order valence-corrected chi connectivity index (χ1v) is 12.8. The van der Waals surface area contributed by atoms with E-state index in [4.69, 9.17) is 9.47 Å². The number of ether oxygens (including phenoxy) is 2. The third-order valence-electron chi connectivity index (χ3n) is 7.62. The number of phenols is 8. The molecule has 2 aliphatic heterocycles. The van der Waals surface area contributed by atoms with Gasteiger partial charge in [-0.2, -0.15) is 0 Å². The van der Waals surface area contributed by atoms with Crippen molar-refractivity contribution in [1.82, 2.24) is 0 Å². The first-order chi connectivity index (χ1) is 19.9. The summed E-state index contributed by atoms with van der Waals surface area (Å²) in [5, 5.41) is 104. The first kappa shape index (κ1) is 27.0. The third-order valence-corrected chi connectivity index (χ3v) is 7.62. The lowest BCUT2D eigenvalue weighted by Gasteiger charge is -2.35. The predicted molar refractivity (Wildman–Crippen MR) is 144 cm³/mol. The van der Waals surface area contributed by atoms with Crippen LogP contribution in [0.15, 0.2) is 48.5 Å². The normalized spacial score (nSPS) is 21.1. The minimum absolute atomic E-state index is 0.0363. The number of hydrogen-bond acceptors (Lipinski definition) is 12. The zero-order valence-electron chi connectivity index (χ0n) is 21.6. The van der Waals surface area contributed by atoms with E-state index in [-0.39, 0.29) is 75.0 Å². The Balaban J connectivity index is 1.50. The second kappa shape index (κ2) is 9.72. The van der Waals surface area contributed by atoms with Crippen LogP contribution in [0.25, 0.3) is 11.1 Å². The van der Waals surface area contributed by atoms with Gasteiger partial charge in [0.25, 0.3) is 0 Å². The molecule has 2 heterocycles. The molecule has 12 nitrogen and oxygen atoms in total. The molecule has 12 heteroatoms. The van der Waals surface area contributed by atoms with E-state index in [2.05, 4.69) is 0 Å². The molecule has 0 aliphatic carbocycles. The molecule has 0 saturated carbocycles. The van der Waals surface area contributed by atoms with Gasteiger partial charge in [-0.25, -0.2) is 0 Å². The van der Waals surface area contributed by atoms with E-state index in [1.54, 1.807) is 0 Å². The maximum atomic E-state index is 11.1. The monoisotopic (exact) mass is 578 g/mol. The molecule has 6 rings (SSSR count). The Labute approximate surface area is 237 Å². The quantitative estimate of drug-likeness (QED) is 0.159. The number of aliphatic hydroxyl groups excluding tert-OH is 2. The van der Waals surface area contributed by atoms with Gasteiger partial charge in [-0.3, -0.25) is 0 Å². The maximum Gasteiger partial charge on any atom is 0.200 e. The molecule has 10 N–H and O–H groups in total. The Morgan fingerprint density at radius 2 is 1.02 bits per heavy atom. The fourth-order valence-electron chi connectivity index (χ4n) is 5.54. The minimum atomic E-state index is -1.25. The van der Waals surface area contributed by atoms with Crippen LogP contribution >= 0.6 is 0 Å². The van der Waals surface area contributed by atoms with Crippen molar-refractivity contribution < 1.29 is 60.5 Å². The van der Waals surface area contributed by atoms with Gasteiger partial charge < -0.3 is 60.5 Å². The van der Waals surface area contributed by atoms with E-state index in [0.29, 0.717) is 0 Å². The summed E-state index contributed by atoms with van der Waals surface area (Å²) >= 11 is 0. The van der Waals surface area contributed by atoms with Crippen LogP contribution in [0.5, 0.6) is 57.5 Å². The van der Waals surface area contributed by atoms with E-state index in [1.807, 2.05) is 0 Å². The molecule has 42 heavy (non-hydrogen) atoms. The van der Waals surface area contributed by atoms with Crippen molar-refractivity contribution in [3.63, 3.8) is 0 Å². The second-order valence-corrected chi connectivity index (χ2v) is 10.3. The summed E-state index contributed by atoms with van der Waals surface area (Å²) < 4.78 is 12.0. The number of phenolic OH excluding ortho intramolecular Hbond substituents is 8. The molecule has 0 spiro atoms. The lowest BCUT2D eigenvalue weighted by atomic mass is 9.85. The number of benzene rings is 4. The molecule has 0 saturated heterocycles.